The zero-order valence-corrected chi connectivity index (χ0v) is 9.46. The van der Waals surface area contributed by atoms with Crippen molar-refractivity contribution in [3.63, 3.8) is 0 Å². The van der Waals surface area contributed by atoms with E-state index in [1.54, 1.807) is 0 Å². The number of ether oxygens (including phenoxy) is 1. The number of carbonyl (C=O) groups is 2. The molecule has 1 aromatic carbocycles. The van der Waals surface area contributed by atoms with Crippen molar-refractivity contribution in [1.29, 1.82) is 0 Å². The summed E-state index contributed by atoms with van der Waals surface area (Å²) in [6.45, 7) is 0. The molecule has 0 aliphatic carbocycles. The van der Waals surface area contributed by atoms with Crippen molar-refractivity contribution in [2.75, 3.05) is 0 Å². The molecule has 0 atom stereocenters. The molecular weight excluding hydrogens is 247 g/mol. The molecule has 0 amide bonds. The van der Waals surface area contributed by atoms with E-state index in [4.69, 9.17) is 11.6 Å². The van der Waals surface area contributed by atoms with Crippen molar-refractivity contribution in [3.8, 4) is 0 Å². The zero-order valence-electron chi connectivity index (χ0n) is 8.70. The minimum absolute atomic E-state index is 0.115. The van der Waals surface area contributed by atoms with Crippen LogP contribution in [0.25, 0.3) is 6.08 Å². The molecule has 1 saturated heterocycles. The van der Waals surface area contributed by atoms with Gasteiger partial charge in [-0.05, 0) is 24.6 Å². The average molecular weight is 255 g/mol. The van der Waals surface area contributed by atoms with Crippen LogP contribution in [0.1, 0.15) is 18.4 Å². The van der Waals surface area contributed by atoms with Gasteiger partial charge in [-0.2, -0.15) is 0 Å². The number of benzene rings is 1. The highest BCUT2D eigenvalue weighted by molar-refractivity contribution is 6.32. The van der Waals surface area contributed by atoms with Crippen LogP contribution >= 0.6 is 11.6 Å². The maximum absolute atomic E-state index is 13.5. The van der Waals surface area contributed by atoms with Gasteiger partial charge in [-0.15, -0.1) is 0 Å². The van der Waals surface area contributed by atoms with E-state index in [0.29, 0.717) is 0 Å². The molecule has 1 aliphatic rings. The summed E-state index contributed by atoms with van der Waals surface area (Å²) in [7, 11) is 0. The normalized spacial score (nSPS) is 18.4. The van der Waals surface area contributed by atoms with Crippen LogP contribution in [0.2, 0.25) is 5.02 Å². The van der Waals surface area contributed by atoms with E-state index in [0.717, 1.165) is 0 Å². The van der Waals surface area contributed by atoms with Gasteiger partial charge in [-0.1, -0.05) is 17.7 Å². The van der Waals surface area contributed by atoms with Crippen LogP contribution < -0.4 is 0 Å². The Kier molecular flexibility index (Phi) is 3.24. The second-order valence-electron chi connectivity index (χ2n) is 3.57. The molecule has 3 nitrogen and oxygen atoms in total. The van der Waals surface area contributed by atoms with Crippen molar-refractivity contribution in [3.05, 3.63) is 40.2 Å². The molecule has 1 fully saturated rings. The maximum atomic E-state index is 13.5. The predicted octanol–water partition coefficient (Wildman–Crippen LogP) is 2.73. The predicted molar refractivity (Wildman–Crippen MR) is 59.7 cm³/mol. The topological polar surface area (TPSA) is 43.4 Å². The molecule has 1 aromatic rings. The first-order valence-electron chi connectivity index (χ1n) is 4.97. The highest BCUT2D eigenvalue weighted by Crippen LogP contribution is 2.25. The van der Waals surface area contributed by atoms with Gasteiger partial charge >= 0.3 is 11.9 Å². The summed E-state index contributed by atoms with van der Waals surface area (Å²) in [6, 6.07) is 4.25. The molecule has 88 valence electrons. The van der Waals surface area contributed by atoms with Crippen LogP contribution in [0.3, 0.4) is 0 Å². The van der Waals surface area contributed by atoms with Gasteiger partial charge in [0.1, 0.15) is 5.82 Å². The summed E-state index contributed by atoms with van der Waals surface area (Å²) in [5.74, 6) is -1.82. The average Bonchev–Trinajstić information content (AvgIpc) is 2.26. The highest BCUT2D eigenvalue weighted by atomic mass is 35.5. The van der Waals surface area contributed by atoms with Crippen LogP contribution in [0, 0.1) is 5.82 Å². The van der Waals surface area contributed by atoms with E-state index >= 15 is 0 Å². The quantitative estimate of drug-likeness (QED) is 0.440. The fourth-order valence-corrected chi connectivity index (χ4v) is 1.73. The number of carbonyl (C=O) groups excluding carboxylic acids is 2. The van der Waals surface area contributed by atoms with E-state index in [2.05, 4.69) is 4.74 Å². The molecule has 0 bridgehead atoms. The molecule has 0 spiro atoms. The molecule has 0 unspecified atom stereocenters. The summed E-state index contributed by atoms with van der Waals surface area (Å²) in [6.07, 6.45) is 1.68. The van der Waals surface area contributed by atoms with E-state index in [-0.39, 0.29) is 29.0 Å². The Balaban J connectivity index is 2.36. The Morgan fingerprint density at radius 2 is 2.06 bits per heavy atom. The lowest BCUT2D eigenvalue weighted by molar-refractivity contribution is -0.159. The lowest BCUT2D eigenvalue weighted by Crippen LogP contribution is -2.20. The molecule has 5 heteroatoms. The van der Waals surface area contributed by atoms with Crippen molar-refractivity contribution < 1.29 is 18.7 Å². The van der Waals surface area contributed by atoms with E-state index in [1.807, 2.05) is 0 Å². The number of hydrogen-bond donors (Lipinski definition) is 0. The molecule has 1 aliphatic heterocycles. The first kappa shape index (κ1) is 11.8. The van der Waals surface area contributed by atoms with Gasteiger partial charge in [0.15, 0.2) is 0 Å². The second-order valence-corrected chi connectivity index (χ2v) is 3.97. The summed E-state index contributed by atoms with van der Waals surface area (Å²) < 4.78 is 17.9. The molecule has 1 heterocycles. The Labute approximate surface area is 102 Å². The summed E-state index contributed by atoms with van der Waals surface area (Å²) in [4.78, 5) is 22.2. The maximum Gasteiger partial charge on any atom is 0.341 e. The van der Waals surface area contributed by atoms with Gasteiger partial charge in [0.25, 0.3) is 0 Å². The van der Waals surface area contributed by atoms with Gasteiger partial charge in [0.2, 0.25) is 0 Å². The minimum Gasteiger partial charge on any atom is -0.390 e. The second kappa shape index (κ2) is 4.67. The zero-order chi connectivity index (χ0) is 12.4. The van der Waals surface area contributed by atoms with Crippen molar-refractivity contribution in [1.82, 2.24) is 0 Å². The standard InChI is InChI=1S/C12H8ClFO3/c13-9-2-1-3-10(14)8(9)6-7-4-5-11(15)17-12(7)16/h1-3,6H,4-5H2/b7-6+. The Hall–Kier alpha value is -1.68. The monoisotopic (exact) mass is 254 g/mol. The number of hydrogen-bond acceptors (Lipinski definition) is 3. The largest absolute Gasteiger partial charge is 0.390 e. The van der Waals surface area contributed by atoms with Crippen molar-refractivity contribution in [2.45, 2.75) is 12.8 Å². The van der Waals surface area contributed by atoms with E-state index < -0.39 is 17.8 Å². The third-order valence-electron chi connectivity index (χ3n) is 2.39. The first-order chi connectivity index (χ1) is 8.08. The SMILES string of the molecule is O=C1CC/C(=C\c2c(F)cccc2Cl)C(=O)O1. The molecule has 0 N–H and O–H groups in total. The Morgan fingerprint density at radius 1 is 1.29 bits per heavy atom. The Morgan fingerprint density at radius 3 is 2.71 bits per heavy atom. The number of esters is 2. The van der Waals surface area contributed by atoms with Crippen LogP contribution in [0.4, 0.5) is 4.39 Å². The molecule has 17 heavy (non-hydrogen) atoms. The van der Waals surface area contributed by atoms with Crippen molar-refractivity contribution >= 4 is 29.6 Å². The minimum atomic E-state index is -0.736. The van der Waals surface area contributed by atoms with Crippen LogP contribution in [-0.4, -0.2) is 11.9 Å². The molecule has 0 aromatic heterocycles. The highest BCUT2D eigenvalue weighted by Gasteiger charge is 2.23. The van der Waals surface area contributed by atoms with Crippen molar-refractivity contribution in [2.24, 2.45) is 0 Å². The molecule has 2 rings (SSSR count). The van der Waals surface area contributed by atoms with Gasteiger partial charge in [0, 0.05) is 11.1 Å². The van der Waals surface area contributed by atoms with Gasteiger partial charge in [-0.3, -0.25) is 4.79 Å². The first-order valence-corrected chi connectivity index (χ1v) is 5.35. The fourth-order valence-electron chi connectivity index (χ4n) is 1.51. The lowest BCUT2D eigenvalue weighted by atomic mass is 10.0. The van der Waals surface area contributed by atoms with Gasteiger partial charge in [-0.25, -0.2) is 9.18 Å². The third-order valence-corrected chi connectivity index (χ3v) is 2.72. The van der Waals surface area contributed by atoms with Crippen LogP contribution in [-0.2, 0) is 14.3 Å². The molecular formula is C12H8ClFO3. The lowest BCUT2D eigenvalue weighted by Gasteiger charge is -2.12. The number of halogens is 2. The van der Waals surface area contributed by atoms with E-state index in [9.17, 15) is 14.0 Å². The summed E-state index contributed by atoms with van der Waals surface area (Å²) in [5, 5.41) is 0.210. The van der Waals surface area contributed by atoms with Gasteiger partial charge < -0.3 is 4.74 Å². The molecule has 0 saturated carbocycles. The molecule has 0 radical (unpaired) electrons. The van der Waals surface area contributed by atoms with Crippen LogP contribution in [0.15, 0.2) is 23.8 Å². The number of rotatable bonds is 1. The third kappa shape index (κ3) is 2.53. The fraction of sp³-hybridized carbons (Fsp3) is 0.167. The Bertz CT molecular complexity index is 502. The van der Waals surface area contributed by atoms with E-state index in [1.165, 1.54) is 24.3 Å². The number of cyclic esters (lactones) is 2. The summed E-state index contributed by atoms with van der Waals surface area (Å²) in [5.41, 5.74) is 0.382. The smallest absolute Gasteiger partial charge is 0.341 e. The van der Waals surface area contributed by atoms with Crippen LogP contribution in [0.5, 0.6) is 0 Å². The summed E-state index contributed by atoms with van der Waals surface area (Å²) >= 11 is 5.82. The van der Waals surface area contributed by atoms with Gasteiger partial charge in [0.05, 0.1) is 11.4 Å².